The number of aromatic nitrogens is 3. The fraction of sp³-hybridized carbons (Fsp3) is 0.350. The summed E-state index contributed by atoms with van der Waals surface area (Å²) in [6, 6.07) is 14.0. The third-order valence-electron chi connectivity index (χ3n) is 5.16. The molecule has 1 aliphatic rings. The molecule has 2 aromatic heterocycles. The van der Waals surface area contributed by atoms with E-state index in [2.05, 4.69) is 46.5 Å². The molecular formula is C20H23N5O2. The number of rotatable bonds is 5. The Labute approximate surface area is 157 Å². The summed E-state index contributed by atoms with van der Waals surface area (Å²) in [5, 5.41) is 7.12. The fourth-order valence-corrected chi connectivity index (χ4v) is 3.55. The largest absolute Gasteiger partial charge is 0.353 e. The van der Waals surface area contributed by atoms with E-state index in [4.69, 9.17) is 0 Å². The molecule has 1 amide bonds. The predicted molar refractivity (Wildman–Crippen MR) is 102 cm³/mol. The van der Waals surface area contributed by atoms with Gasteiger partial charge in [-0.1, -0.05) is 30.3 Å². The van der Waals surface area contributed by atoms with Gasteiger partial charge in [0.2, 0.25) is 5.91 Å². The molecule has 1 atom stereocenters. The number of hydrogen-bond donors (Lipinski definition) is 1. The maximum atomic E-state index is 12.3. The second kappa shape index (κ2) is 7.36. The molecule has 0 radical (unpaired) electrons. The van der Waals surface area contributed by atoms with E-state index in [1.54, 1.807) is 18.3 Å². The molecule has 1 unspecified atom stereocenters. The molecular weight excluding hydrogens is 342 g/mol. The topological polar surface area (TPSA) is 71.6 Å². The van der Waals surface area contributed by atoms with Crippen molar-refractivity contribution in [2.24, 2.45) is 0 Å². The standard InChI is InChI=1S/C20H23N5O2/c1-15(23-11-9-16-6-2-3-7-17(16)13-23)12-21-19(26)14-25-20(27)24-10-5-4-8-18(24)22-25/h2-8,10,15H,9,11-14H2,1H3,(H,21,26). The molecule has 7 heteroatoms. The van der Waals surface area contributed by atoms with Crippen LogP contribution in [0.3, 0.4) is 0 Å². The van der Waals surface area contributed by atoms with Crippen molar-refractivity contribution in [2.75, 3.05) is 13.1 Å². The zero-order valence-corrected chi connectivity index (χ0v) is 15.3. The first-order valence-electron chi connectivity index (χ1n) is 9.23. The average molecular weight is 365 g/mol. The number of fused-ring (bicyclic) bond motifs is 2. The van der Waals surface area contributed by atoms with Crippen molar-refractivity contribution >= 4 is 11.6 Å². The fourth-order valence-electron chi connectivity index (χ4n) is 3.55. The summed E-state index contributed by atoms with van der Waals surface area (Å²) < 4.78 is 2.63. The lowest BCUT2D eigenvalue weighted by Crippen LogP contribution is -2.45. The Morgan fingerprint density at radius 3 is 2.78 bits per heavy atom. The summed E-state index contributed by atoms with van der Waals surface area (Å²) in [5.74, 6) is -0.204. The molecule has 140 valence electrons. The molecule has 0 spiro atoms. The normalized spacial score (nSPS) is 15.4. The van der Waals surface area contributed by atoms with Gasteiger partial charge in [0.05, 0.1) is 0 Å². The Morgan fingerprint density at radius 1 is 1.19 bits per heavy atom. The first-order chi connectivity index (χ1) is 13.1. The second-order valence-corrected chi connectivity index (χ2v) is 7.01. The number of hydrogen-bond acceptors (Lipinski definition) is 4. The van der Waals surface area contributed by atoms with Crippen LogP contribution in [-0.4, -0.2) is 44.1 Å². The molecule has 0 bridgehead atoms. The zero-order valence-electron chi connectivity index (χ0n) is 15.3. The lowest BCUT2D eigenvalue weighted by molar-refractivity contribution is -0.122. The van der Waals surface area contributed by atoms with Crippen LogP contribution in [0.1, 0.15) is 18.1 Å². The van der Waals surface area contributed by atoms with Crippen molar-refractivity contribution in [2.45, 2.75) is 32.5 Å². The third kappa shape index (κ3) is 3.64. The summed E-state index contributed by atoms with van der Waals surface area (Å²) in [7, 11) is 0. The van der Waals surface area contributed by atoms with E-state index >= 15 is 0 Å². The van der Waals surface area contributed by atoms with Gasteiger partial charge in [0.1, 0.15) is 6.54 Å². The van der Waals surface area contributed by atoms with Gasteiger partial charge in [-0.2, -0.15) is 0 Å². The minimum atomic E-state index is -0.304. The first kappa shape index (κ1) is 17.5. The first-order valence-corrected chi connectivity index (χ1v) is 9.23. The van der Waals surface area contributed by atoms with Crippen LogP contribution in [0.25, 0.3) is 5.65 Å². The van der Waals surface area contributed by atoms with Crippen LogP contribution in [0.15, 0.2) is 53.5 Å². The van der Waals surface area contributed by atoms with Crippen LogP contribution < -0.4 is 11.0 Å². The molecule has 1 aliphatic heterocycles. The van der Waals surface area contributed by atoms with Gasteiger partial charge in [0.15, 0.2) is 5.65 Å². The quantitative estimate of drug-likeness (QED) is 0.734. The van der Waals surface area contributed by atoms with Crippen molar-refractivity contribution in [3.63, 3.8) is 0 Å². The van der Waals surface area contributed by atoms with Crippen molar-refractivity contribution in [3.05, 3.63) is 70.3 Å². The van der Waals surface area contributed by atoms with Gasteiger partial charge in [0.25, 0.3) is 0 Å². The molecule has 7 nitrogen and oxygen atoms in total. The lowest BCUT2D eigenvalue weighted by Gasteiger charge is -2.33. The second-order valence-electron chi connectivity index (χ2n) is 7.01. The smallest absolute Gasteiger partial charge is 0.350 e. The van der Waals surface area contributed by atoms with Crippen LogP contribution in [0, 0.1) is 0 Å². The van der Waals surface area contributed by atoms with E-state index in [0.29, 0.717) is 12.2 Å². The van der Waals surface area contributed by atoms with Crippen LogP contribution >= 0.6 is 0 Å². The van der Waals surface area contributed by atoms with Crippen molar-refractivity contribution in [1.29, 1.82) is 0 Å². The van der Waals surface area contributed by atoms with Crippen LogP contribution in [0.4, 0.5) is 0 Å². The van der Waals surface area contributed by atoms with E-state index in [-0.39, 0.29) is 24.2 Å². The zero-order chi connectivity index (χ0) is 18.8. The van der Waals surface area contributed by atoms with Crippen LogP contribution in [0.2, 0.25) is 0 Å². The molecule has 4 rings (SSSR count). The SMILES string of the molecule is CC(CNC(=O)Cn1nc2ccccn2c1=O)N1CCc2ccccc2C1. The monoisotopic (exact) mass is 365 g/mol. The third-order valence-corrected chi connectivity index (χ3v) is 5.16. The molecule has 0 aliphatic carbocycles. The maximum absolute atomic E-state index is 12.3. The van der Waals surface area contributed by atoms with Crippen molar-refractivity contribution < 1.29 is 4.79 Å². The Morgan fingerprint density at radius 2 is 1.96 bits per heavy atom. The summed E-state index contributed by atoms with van der Waals surface area (Å²) in [4.78, 5) is 26.9. The Kier molecular flexibility index (Phi) is 4.77. The van der Waals surface area contributed by atoms with Gasteiger partial charge in [0, 0.05) is 31.9 Å². The Balaban J connectivity index is 1.34. The minimum Gasteiger partial charge on any atom is -0.353 e. The number of carbonyl (C=O) groups excluding carboxylic acids is 1. The number of benzene rings is 1. The number of amides is 1. The van der Waals surface area contributed by atoms with Gasteiger partial charge in [-0.15, -0.1) is 5.10 Å². The summed E-state index contributed by atoms with van der Waals surface area (Å²) in [6.45, 7) is 4.48. The van der Waals surface area contributed by atoms with Crippen LogP contribution in [-0.2, 0) is 24.3 Å². The predicted octanol–water partition coefficient (Wildman–Crippen LogP) is 1.06. The number of nitrogens with one attached hydrogen (secondary N) is 1. The number of pyridine rings is 1. The summed E-state index contributed by atoms with van der Waals surface area (Å²) in [5.41, 5.74) is 3.01. The molecule has 0 saturated heterocycles. The van der Waals surface area contributed by atoms with Crippen molar-refractivity contribution in [3.8, 4) is 0 Å². The average Bonchev–Trinajstić information content (AvgIpc) is 3.01. The van der Waals surface area contributed by atoms with Gasteiger partial charge in [-0.05, 0) is 36.6 Å². The minimum absolute atomic E-state index is 0.0733. The highest BCUT2D eigenvalue weighted by Gasteiger charge is 2.21. The van der Waals surface area contributed by atoms with E-state index in [9.17, 15) is 9.59 Å². The van der Waals surface area contributed by atoms with Gasteiger partial charge in [-0.25, -0.2) is 9.48 Å². The molecule has 1 aromatic carbocycles. The summed E-state index contributed by atoms with van der Waals surface area (Å²) >= 11 is 0. The van der Waals surface area contributed by atoms with E-state index in [0.717, 1.165) is 19.5 Å². The highest BCUT2D eigenvalue weighted by Crippen LogP contribution is 2.19. The van der Waals surface area contributed by atoms with E-state index in [1.165, 1.54) is 20.2 Å². The molecule has 3 aromatic rings. The maximum Gasteiger partial charge on any atom is 0.350 e. The molecule has 27 heavy (non-hydrogen) atoms. The highest BCUT2D eigenvalue weighted by atomic mass is 16.2. The Bertz CT molecular complexity index is 1020. The Hall–Kier alpha value is -2.93. The lowest BCUT2D eigenvalue weighted by atomic mass is 9.99. The number of carbonyl (C=O) groups is 1. The van der Waals surface area contributed by atoms with Gasteiger partial charge >= 0.3 is 5.69 Å². The highest BCUT2D eigenvalue weighted by molar-refractivity contribution is 5.75. The van der Waals surface area contributed by atoms with Crippen LogP contribution in [0.5, 0.6) is 0 Å². The molecule has 0 fully saturated rings. The molecule has 0 saturated carbocycles. The molecule has 3 heterocycles. The van der Waals surface area contributed by atoms with Gasteiger partial charge < -0.3 is 5.32 Å². The number of nitrogens with zero attached hydrogens (tertiary/aromatic N) is 4. The van der Waals surface area contributed by atoms with Gasteiger partial charge in [-0.3, -0.25) is 14.1 Å². The summed E-state index contributed by atoms with van der Waals surface area (Å²) in [6.07, 6.45) is 2.68. The molecule has 1 N–H and O–H groups in total. The van der Waals surface area contributed by atoms with E-state index in [1.807, 2.05) is 6.07 Å². The van der Waals surface area contributed by atoms with E-state index < -0.39 is 0 Å². The van der Waals surface area contributed by atoms with Crippen molar-refractivity contribution in [1.82, 2.24) is 24.4 Å².